The van der Waals surface area contributed by atoms with Crippen LogP contribution < -0.4 is 5.32 Å². The molecule has 5 heteroatoms. The van der Waals surface area contributed by atoms with Crippen molar-refractivity contribution in [3.05, 3.63) is 48.7 Å². The number of benzene rings is 1. The van der Waals surface area contributed by atoms with Crippen molar-refractivity contribution in [1.82, 2.24) is 15.1 Å². The maximum Gasteiger partial charge on any atom is 0.315 e. The molecule has 1 aliphatic heterocycles. The Morgan fingerprint density at radius 3 is 2.68 bits per heavy atom. The van der Waals surface area contributed by atoms with Gasteiger partial charge in [-0.2, -0.15) is 0 Å². The second-order valence-electron chi connectivity index (χ2n) is 5.18. The summed E-state index contributed by atoms with van der Waals surface area (Å²) in [6.45, 7) is 8.51. The lowest BCUT2D eigenvalue weighted by atomic mass is 9.98. The van der Waals surface area contributed by atoms with Crippen molar-refractivity contribution in [2.24, 2.45) is 0 Å². The Hall–Kier alpha value is -2.56. The quantitative estimate of drug-likeness (QED) is 0.916. The molecule has 0 atom stereocenters. The molecule has 0 aliphatic carbocycles. The number of nitrogens with zero attached hydrogens (tertiary/aromatic N) is 3. The molecule has 0 saturated carbocycles. The number of anilines is 1. The Labute approximate surface area is 130 Å². The van der Waals surface area contributed by atoms with Crippen molar-refractivity contribution < 1.29 is 4.42 Å². The molecule has 1 aliphatic rings. The van der Waals surface area contributed by atoms with E-state index in [1.165, 1.54) is 11.1 Å². The SMILES string of the molecule is C=CN1CC=C(c2ccc(-c3nnc(NCC)o3)cc2)CC1. The molecule has 0 radical (unpaired) electrons. The van der Waals surface area contributed by atoms with E-state index in [0.717, 1.165) is 31.6 Å². The number of hydrogen-bond donors (Lipinski definition) is 1. The summed E-state index contributed by atoms with van der Waals surface area (Å²) >= 11 is 0. The Kier molecular flexibility index (Phi) is 4.23. The van der Waals surface area contributed by atoms with Gasteiger partial charge in [0.25, 0.3) is 0 Å². The van der Waals surface area contributed by atoms with Gasteiger partial charge in [0.15, 0.2) is 0 Å². The highest BCUT2D eigenvalue weighted by Gasteiger charge is 2.11. The lowest BCUT2D eigenvalue weighted by Gasteiger charge is -2.24. The zero-order chi connectivity index (χ0) is 15.4. The molecule has 0 fully saturated rings. The third-order valence-corrected chi connectivity index (χ3v) is 3.75. The fraction of sp³-hybridized carbons (Fsp3) is 0.294. The number of aromatic nitrogens is 2. The Bertz CT molecular complexity index is 672. The highest BCUT2D eigenvalue weighted by atomic mass is 16.4. The minimum atomic E-state index is 0.459. The van der Waals surface area contributed by atoms with Crippen LogP contribution in [0.15, 0.2) is 47.5 Å². The lowest BCUT2D eigenvalue weighted by Crippen LogP contribution is -2.22. The van der Waals surface area contributed by atoms with E-state index in [1.54, 1.807) is 0 Å². The molecule has 0 spiro atoms. The maximum absolute atomic E-state index is 5.56. The molecule has 0 unspecified atom stereocenters. The summed E-state index contributed by atoms with van der Waals surface area (Å²) in [5.41, 5.74) is 3.56. The van der Waals surface area contributed by atoms with Crippen LogP contribution in [0, 0.1) is 0 Å². The monoisotopic (exact) mass is 296 g/mol. The largest absolute Gasteiger partial charge is 0.403 e. The van der Waals surface area contributed by atoms with Crippen LogP contribution in [0.2, 0.25) is 0 Å². The smallest absolute Gasteiger partial charge is 0.315 e. The Balaban J connectivity index is 1.75. The summed E-state index contributed by atoms with van der Waals surface area (Å²) < 4.78 is 5.56. The Morgan fingerprint density at radius 2 is 2.05 bits per heavy atom. The van der Waals surface area contributed by atoms with E-state index in [-0.39, 0.29) is 0 Å². The van der Waals surface area contributed by atoms with Crippen molar-refractivity contribution >= 4 is 11.6 Å². The zero-order valence-electron chi connectivity index (χ0n) is 12.7. The summed E-state index contributed by atoms with van der Waals surface area (Å²) in [7, 11) is 0. The average molecular weight is 296 g/mol. The first kappa shape index (κ1) is 14.4. The van der Waals surface area contributed by atoms with Gasteiger partial charge in [-0.1, -0.05) is 29.9 Å². The van der Waals surface area contributed by atoms with Gasteiger partial charge in [-0.05, 0) is 42.8 Å². The maximum atomic E-state index is 5.56. The van der Waals surface area contributed by atoms with Gasteiger partial charge in [0.05, 0.1) is 0 Å². The van der Waals surface area contributed by atoms with Gasteiger partial charge in [0.2, 0.25) is 5.89 Å². The lowest BCUT2D eigenvalue weighted by molar-refractivity contribution is 0.415. The van der Waals surface area contributed by atoms with Gasteiger partial charge < -0.3 is 14.6 Å². The molecule has 3 rings (SSSR count). The first-order chi connectivity index (χ1) is 10.8. The summed E-state index contributed by atoms with van der Waals surface area (Å²) in [5.74, 6) is 0.540. The number of rotatable bonds is 5. The van der Waals surface area contributed by atoms with E-state index < -0.39 is 0 Å². The minimum absolute atomic E-state index is 0.459. The molecule has 1 N–H and O–H groups in total. The van der Waals surface area contributed by atoms with Crippen LogP contribution in [0.1, 0.15) is 18.9 Å². The molecule has 22 heavy (non-hydrogen) atoms. The van der Waals surface area contributed by atoms with Crippen molar-refractivity contribution in [2.75, 3.05) is 25.0 Å². The first-order valence-electron chi connectivity index (χ1n) is 7.54. The molecule has 2 aromatic rings. The van der Waals surface area contributed by atoms with Crippen LogP contribution >= 0.6 is 0 Å². The fourth-order valence-electron chi connectivity index (χ4n) is 2.50. The molecule has 2 heterocycles. The molecular formula is C17H20N4O. The molecule has 114 valence electrons. The fourth-order valence-corrected chi connectivity index (χ4v) is 2.50. The van der Waals surface area contributed by atoms with Crippen LogP contribution in [-0.2, 0) is 0 Å². The normalized spacial score (nSPS) is 14.6. The molecule has 0 amide bonds. The van der Waals surface area contributed by atoms with Gasteiger partial charge in [-0.3, -0.25) is 0 Å². The van der Waals surface area contributed by atoms with Crippen molar-refractivity contribution in [3.8, 4) is 11.5 Å². The van der Waals surface area contributed by atoms with Gasteiger partial charge in [0.1, 0.15) is 0 Å². The molecule has 0 saturated heterocycles. The van der Waals surface area contributed by atoms with Crippen LogP contribution in [0.25, 0.3) is 17.0 Å². The summed E-state index contributed by atoms with van der Waals surface area (Å²) in [5, 5.41) is 11.0. The van der Waals surface area contributed by atoms with Crippen molar-refractivity contribution in [2.45, 2.75) is 13.3 Å². The van der Waals surface area contributed by atoms with E-state index in [1.807, 2.05) is 25.3 Å². The third-order valence-electron chi connectivity index (χ3n) is 3.75. The topological polar surface area (TPSA) is 54.2 Å². The second-order valence-corrected chi connectivity index (χ2v) is 5.18. The molecule has 0 bridgehead atoms. The average Bonchev–Trinajstić information content (AvgIpc) is 3.04. The van der Waals surface area contributed by atoms with E-state index in [0.29, 0.717) is 11.9 Å². The van der Waals surface area contributed by atoms with Gasteiger partial charge in [-0.25, -0.2) is 0 Å². The summed E-state index contributed by atoms with van der Waals surface area (Å²) in [6.07, 6.45) is 5.19. The van der Waals surface area contributed by atoms with Crippen LogP contribution in [-0.4, -0.2) is 34.7 Å². The second kappa shape index (κ2) is 6.47. The summed E-state index contributed by atoms with van der Waals surface area (Å²) in [4.78, 5) is 2.21. The first-order valence-corrected chi connectivity index (χ1v) is 7.54. The van der Waals surface area contributed by atoms with E-state index in [4.69, 9.17) is 4.42 Å². The predicted octanol–water partition coefficient (Wildman–Crippen LogP) is 3.40. The summed E-state index contributed by atoms with van der Waals surface area (Å²) in [6, 6.07) is 8.74. The third kappa shape index (κ3) is 3.03. The highest BCUT2D eigenvalue weighted by molar-refractivity contribution is 5.69. The number of hydrogen-bond acceptors (Lipinski definition) is 5. The molecule has 1 aromatic carbocycles. The molecule has 5 nitrogen and oxygen atoms in total. The van der Waals surface area contributed by atoms with Gasteiger partial charge in [0, 0.05) is 25.2 Å². The zero-order valence-corrected chi connectivity index (χ0v) is 12.7. The van der Waals surface area contributed by atoms with Crippen molar-refractivity contribution in [1.29, 1.82) is 0 Å². The standard InChI is InChI=1S/C17H20N4O/c1-3-18-17-20-19-16(22-17)15-7-5-13(6-8-15)14-9-11-21(4-2)12-10-14/h4-9H,2-3,10-12H2,1H3,(H,18,20). The minimum Gasteiger partial charge on any atom is -0.403 e. The van der Waals surface area contributed by atoms with Crippen LogP contribution in [0.4, 0.5) is 6.01 Å². The predicted molar refractivity (Wildman–Crippen MR) is 88.3 cm³/mol. The van der Waals surface area contributed by atoms with Crippen LogP contribution in [0.5, 0.6) is 0 Å². The highest BCUT2D eigenvalue weighted by Crippen LogP contribution is 2.26. The molecular weight excluding hydrogens is 276 g/mol. The van der Waals surface area contributed by atoms with Crippen molar-refractivity contribution in [3.63, 3.8) is 0 Å². The van der Waals surface area contributed by atoms with Gasteiger partial charge >= 0.3 is 6.01 Å². The Morgan fingerprint density at radius 1 is 1.27 bits per heavy atom. The van der Waals surface area contributed by atoms with E-state index in [9.17, 15) is 0 Å². The van der Waals surface area contributed by atoms with E-state index >= 15 is 0 Å². The van der Waals surface area contributed by atoms with E-state index in [2.05, 4.69) is 45.2 Å². The van der Waals surface area contributed by atoms with Gasteiger partial charge in [-0.15, -0.1) is 5.10 Å². The van der Waals surface area contributed by atoms with Crippen LogP contribution in [0.3, 0.4) is 0 Å². The number of nitrogens with one attached hydrogen (secondary N) is 1. The molecule has 1 aromatic heterocycles.